The summed E-state index contributed by atoms with van der Waals surface area (Å²) >= 11 is 0. The van der Waals surface area contributed by atoms with Crippen LogP contribution in [0.5, 0.6) is 0 Å². The monoisotopic (exact) mass is 237 g/mol. The number of anilines is 2. The number of likely N-dealkylation sites (N-methyl/N-ethyl adjacent to an activating group) is 1. The topological polar surface area (TPSA) is 58.3 Å². The Morgan fingerprint density at radius 2 is 1.76 bits per heavy atom. The fourth-order valence-corrected chi connectivity index (χ4v) is 1.53. The normalized spacial score (nSPS) is 11.2. The molecule has 0 fully saturated rings. The van der Waals surface area contributed by atoms with Crippen molar-refractivity contribution in [2.24, 2.45) is 5.92 Å². The van der Waals surface area contributed by atoms with E-state index in [4.69, 9.17) is 5.73 Å². The van der Waals surface area contributed by atoms with E-state index in [1.807, 2.05) is 0 Å². The molecule has 5 heteroatoms. The Morgan fingerprint density at radius 1 is 1.18 bits per heavy atom. The Labute approximate surface area is 104 Å². The lowest BCUT2D eigenvalue weighted by Crippen LogP contribution is -2.35. The fraction of sp³-hybridized carbons (Fsp3) is 0.667. The van der Waals surface area contributed by atoms with Crippen LogP contribution < -0.4 is 10.6 Å². The highest BCUT2D eigenvalue weighted by atomic mass is 15.3. The van der Waals surface area contributed by atoms with Gasteiger partial charge in [0.1, 0.15) is 0 Å². The summed E-state index contributed by atoms with van der Waals surface area (Å²) in [6.45, 7) is 7.26. The van der Waals surface area contributed by atoms with Crippen molar-refractivity contribution < 1.29 is 0 Å². The second-order valence-corrected chi connectivity index (χ2v) is 4.96. The SMILES string of the molecule is CC(C)CN(CCN(C)C)c1ncc(N)cn1. The zero-order chi connectivity index (χ0) is 12.8. The Kier molecular flexibility index (Phi) is 5.15. The largest absolute Gasteiger partial charge is 0.396 e. The molecule has 0 aliphatic heterocycles. The van der Waals surface area contributed by atoms with Crippen molar-refractivity contribution in [3.63, 3.8) is 0 Å². The first-order valence-electron chi connectivity index (χ1n) is 5.96. The van der Waals surface area contributed by atoms with E-state index in [9.17, 15) is 0 Å². The molecule has 1 aromatic heterocycles. The maximum absolute atomic E-state index is 5.60. The van der Waals surface area contributed by atoms with E-state index in [0.29, 0.717) is 11.6 Å². The van der Waals surface area contributed by atoms with Crippen molar-refractivity contribution in [1.29, 1.82) is 0 Å². The average molecular weight is 237 g/mol. The second kappa shape index (κ2) is 6.39. The minimum absolute atomic E-state index is 0.582. The van der Waals surface area contributed by atoms with Crippen LogP contribution in [0, 0.1) is 5.92 Å². The van der Waals surface area contributed by atoms with Gasteiger partial charge < -0.3 is 15.5 Å². The molecule has 0 aromatic carbocycles. The van der Waals surface area contributed by atoms with Crippen LogP contribution in [0.25, 0.3) is 0 Å². The van der Waals surface area contributed by atoms with Gasteiger partial charge in [0.15, 0.2) is 0 Å². The van der Waals surface area contributed by atoms with Crippen molar-refractivity contribution >= 4 is 11.6 Å². The number of nitrogens with two attached hydrogens (primary N) is 1. The van der Waals surface area contributed by atoms with Crippen LogP contribution in [0.3, 0.4) is 0 Å². The molecule has 17 heavy (non-hydrogen) atoms. The summed E-state index contributed by atoms with van der Waals surface area (Å²) in [5, 5.41) is 0. The van der Waals surface area contributed by atoms with Crippen LogP contribution in [0.15, 0.2) is 12.4 Å². The first-order valence-corrected chi connectivity index (χ1v) is 5.96. The lowest BCUT2D eigenvalue weighted by molar-refractivity contribution is 0.407. The number of nitrogens with zero attached hydrogens (tertiary/aromatic N) is 4. The number of hydrogen-bond donors (Lipinski definition) is 1. The summed E-state index contributed by atoms with van der Waals surface area (Å²) in [4.78, 5) is 12.9. The molecule has 0 radical (unpaired) electrons. The van der Waals surface area contributed by atoms with Crippen molar-refractivity contribution in [3.8, 4) is 0 Å². The average Bonchev–Trinajstić information content (AvgIpc) is 2.25. The van der Waals surface area contributed by atoms with Crippen molar-refractivity contribution in [2.75, 3.05) is 44.4 Å². The summed E-state index contributed by atoms with van der Waals surface area (Å²) < 4.78 is 0. The molecule has 0 amide bonds. The first kappa shape index (κ1) is 13.7. The van der Waals surface area contributed by atoms with E-state index in [-0.39, 0.29) is 0 Å². The van der Waals surface area contributed by atoms with Crippen LogP contribution >= 0.6 is 0 Å². The van der Waals surface area contributed by atoms with Crippen molar-refractivity contribution in [2.45, 2.75) is 13.8 Å². The van der Waals surface area contributed by atoms with Gasteiger partial charge in [-0.1, -0.05) is 13.8 Å². The third-order valence-electron chi connectivity index (χ3n) is 2.34. The summed E-state index contributed by atoms with van der Waals surface area (Å²) in [7, 11) is 4.13. The van der Waals surface area contributed by atoms with Gasteiger partial charge in [0.05, 0.1) is 18.1 Å². The van der Waals surface area contributed by atoms with E-state index in [1.54, 1.807) is 12.4 Å². The number of nitrogen functional groups attached to an aromatic ring is 1. The molecule has 1 aromatic rings. The van der Waals surface area contributed by atoms with Gasteiger partial charge in [-0.05, 0) is 20.0 Å². The molecule has 0 aliphatic carbocycles. The standard InChI is InChI=1S/C12H23N5/c1-10(2)9-17(6-5-16(3)4)12-14-7-11(13)8-15-12/h7-8,10H,5-6,9,13H2,1-4H3. The molecule has 0 unspecified atom stereocenters. The van der Waals surface area contributed by atoms with Gasteiger partial charge in [0.25, 0.3) is 0 Å². The van der Waals surface area contributed by atoms with Gasteiger partial charge in [0.2, 0.25) is 5.95 Å². The van der Waals surface area contributed by atoms with Gasteiger partial charge in [-0.15, -0.1) is 0 Å². The molecular weight excluding hydrogens is 214 g/mol. The van der Waals surface area contributed by atoms with E-state index in [0.717, 1.165) is 25.6 Å². The molecule has 5 nitrogen and oxygen atoms in total. The maximum Gasteiger partial charge on any atom is 0.225 e. The lowest BCUT2D eigenvalue weighted by Gasteiger charge is -2.25. The number of rotatable bonds is 6. The van der Waals surface area contributed by atoms with Gasteiger partial charge in [-0.2, -0.15) is 0 Å². The quantitative estimate of drug-likeness (QED) is 0.802. The molecule has 96 valence electrons. The van der Waals surface area contributed by atoms with Crippen LogP contribution in [0.1, 0.15) is 13.8 Å². The van der Waals surface area contributed by atoms with Gasteiger partial charge in [-0.25, -0.2) is 9.97 Å². The van der Waals surface area contributed by atoms with Gasteiger partial charge in [0, 0.05) is 19.6 Å². The lowest BCUT2D eigenvalue weighted by atomic mass is 10.2. The van der Waals surface area contributed by atoms with E-state index >= 15 is 0 Å². The van der Waals surface area contributed by atoms with Crippen LogP contribution in [0.4, 0.5) is 11.6 Å². The number of hydrogen-bond acceptors (Lipinski definition) is 5. The Balaban J connectivity index is 2.70. The molecule has 0 aliphatic rings. The Morgan fingerprint density at radius 3 is 2.24 bits per heavy atom. The molecule has 0 spiro atoms. The smallest absolute Gasteiger partial charge is 0.225 e. The predicted octanol–water partition coefficient (Wildman–Crippen LogP) is 1.08. The molecule has 0 saturated heterocycles. The summed E-state index contributed by atoms with van der Waals surface area (Å²) in [5.74, 6) is 1.34. The highest BCUT2D eigenvalue weighted by molar-refractivity contribution is 5.37. The van der Waals surface area contributed by atoms with Crippen LogP contribution in [-0.2, 0) is 0 Å². The minimum atomic E-state index is 0.582. The van der Waals surface area contributed by atoms with Crippen LogP contribution in [-0.4, -0.2) is 48.6 Å². The summed E-state index contributed by atoms with van der Waals surface area (Å²) in [5.41, 5.74) is 6.20. The third-order valence-corrected chi connectivity index (χ3v) is 2.34. The van der Waals surface area contributed by atoms with Crippen LogP contribution in [0.2, 0.25) is 0 Å². The van der Waals surface area contributed by atoms with Gasteiger partial charge in [-0.3, -0.25) is 0 Å². The second-order valence-electron chi connectivity index (χ2n) is 4.96. The van der Waals surface area contributed by atoms with Crippen molar-refractivity contribution in [1.82, 2.24) is 14.9 Å². The van der Waals surface area contributed by atoms with E-state index < -0.39 is 0 Å². The third kappa shape index (κ3) is 4.99. The fourth-order valence-electron chi connectivity index (χ4n) is 1.53. The highest BCUT2D eigenvalue weighted by Crippen LogP contribution is 2.10. The minimum Gasteiger partial charge on any atom is -0.396 e. The zero-order valence-corrected chi connectivity index (χ0v) is 11.2. The van der Waals surface area contributed by atoms with Crippen molar-refractivity contribution in [3.05, 3.63) is 12.4 Å². The predicted molar refractivity (Wildman–Crippen MR) is 72.0 cm³/mol. The molecular formula is C12H23N5. The molecule has 0 saturated carbocycles. The van der Waals surface area contributed by atoms with Gasteiger partial charge >= 0.3 is 0 Å². The first-order chi connectivity index (χ1) is 7.99. The summed E-state index contributed by atoms with van der Waals surface area (Å²) in [6.07, 6.45) is 3.32. The Hall–Kier alpha value is -1.36. The molecule has 0 atom stereocenters. The molecule has 1 heterocycles. The maximum atomic E-state index is 5.60. The number of aromatic nitrogens is 2. The molecule has 1 rings (SSSR count). The zero-order valence-electron chi connectivity index (χ0n) is 11.2. The van der Waals surface area contributed by atoms with E-state index in [2.05, 4.69) is 47.7 Å². The molecule has 0 bridgehead atoms. The Bertz CT molecular complexity index is 320. The van der Waals surface area contributed by atoms with E-state index in [1.165, 1.54) is 0 Å². The summed E-state index contributed by atoms with van der Waals surface area (Å²) in [6, 6.07) is 0. The molecule has 2 N–H and O–H groups in total. The highest BCUT2D eigenvalue weighted by Gasteiger charge is 2.11.